The number of imide groups is 1. The van der Waals surface area contributed by atoms with Crippen molar-refractivity contribution in [2.45, 2.75) is 6.92 Å². The Morgan fingerprint density at radius 1 is 0.974 bits per heavy atom. The zero-order valence-corrected chi connectivity index (χ0v) is 22.7. The van der Waals surface area contributed by atoms with Crippen molar-refractivity contribution in [1.82, 2.24) is 10.2 Å². The molecule has 3 aromatic rings. The number of benzene rings is 3. The van der Waals surface area contributed by atoms with E-state index in [4.69, 9.17) is 9.47 Å². The van der Waals surface area contributed by atoms with Gasteiger partial charge in [0.1, 0.15) is 23.7 Å². The topological polar surface area (TPSA) is 126 Å². The predicted octanol–water partition coefficient (Wildman–Crippen LogP) is 4.32. The Morgan fingerprint density at radius 3 is 2.44 bits per heavy atom. The lowest BCUT2D eigenvalue weighted by molar-refractivity contribution is -0.127. The molecule has 10 nitrogen and oxygen atoms in total. The van der Waals surface area contributed by atoms with Crippen LogP contribution in [-0.4, -0.2) is 48.9 Å². The van der Waals surface area contributed by atoms with Crippen LogP contribution in [0.15, 0.2) is 76.9 Å². The zero-order valence-electron chi connectivity index (χ0n) is 21.1. The number of halogens is 1. The summed E-state index contributed by atoms with van der Waals surface area (Å²) in [5.41, 5.74) is 2.78. The number of aryl methyl sites for hydroxylation is 1. The summed E-state index contributed by atoms with van der Waals surface area (Å²) in [6.07, 6.45) is 1.48. The lowest BCUT2D eigenvalue weighted by Crippen LogP contribution is -2.38. The molecule has 1 saturated heterocycles. The Kier molecular flexibility index (Phi) is 8.62. The summed E-state index contributed by atoms with van der Waals surface area (Å²) in [4.78, 5) is 50.7. The van der Waals surface area contributed by atoms with Crippen LogP contribution >= 0.6 is 15.9 Å². The number of carbonyl (C=O) groups is 4. The molecule has 5 amide bonds. The van der Waals surface area contributed by atoms with Gasteiger partial charge in [0, 0.05) is 5.69 Å². The molecule has 0 saturated carbocycles. The average Bonchev–Trinajstić information content (AvgIpc) is 3.17. The highest BCUT2D eigenvalue weighted by Gasteiger charge is 2.35. The predicted molar refractivity (Wildman–Crippen MR) is 149 cm³/mol. The normalized spacial score (nSPS) is 13.7. The average molecular weight is 593 g/mol. The molecule has 1 fully saturated rings. The van der Waals surface area contributed by atoms with Crippen LogP contribution in [0.3, 0.4) is 0 Å². The van der Waals surface area contributed by atoms with Crippen LogP contribution in [0.5, 0.6) is 11.5 Å². The van der Waals surface area contributed by atoms with Crippen molar-refractivity contribution in [3.63, 3.8) is 0 Å². The maximum absolute atomic E-state index is 12.8. The smallest absolute Gasteiger partial charge is 0.329 e. The number of nitrogens with one attached hydrogen (secondary N) is 3. The minimum atomic E-state index is -0.708. The largest absolute Gasteiger partial charge is 0.495 e. The van der Waals surface area contributed by atoms with Crippen molar-refractivity contribution >= 4 is 57.1 Å². The summed E-state index contributed by atoms with van der Waals surface area (Å²) in [5, 5.41) is 7.88. The van der Waals surface area contributed by atoms with Crippen LogP contribution in [0.4, 0.5) is 16.2 Å². The fourth-order valence-corrected chi connectivity index (χ4v) is 4.18. The van der Waals surface area contributed by atoms with Gasteiger partial charge in [0.25, 0.3) is 11.8 Å². The minimum Gasteiger partial charge on any atom is -0.495 e. The lowest BCUT2D eigenvalue weighted by Gasteiger charge is -2.13. The fraction of sp³-hybridized carbons (Fsp3) is 0.143. The van der Waals surface area contributed by atoms with E-state index in [-0.39, 0.29) is 18.2 Å². The maximum Gasteiger partial charge on any atom is 0.329 e. The second kappa shape index (κ2) is 12.3. The molecule has 4 rings (SSSR count). The van der Waals surface area contributed by atoms with E-state index in [0.717, 1.165) is 10.5 Å². The Labute approximate surface area is 233 Å². The molecule has 1 aliphatic heterocycles. The molecular weight excluding hydrogens is 568 g/mol. The number of anilines is 2. The number of methoxy groups -OCH3 is 1. The monoisotopic (exact) mass is 592 g/mol. The molecule has 200 valence electrons. The first kappa shape index (κ1) is 27.4. The van der Waals surface area contributed by atoms with E-state index >= 15 is 0 Å². The van der Waals surface area contributed by atoms with Crippen LogP contribution in [0.2, 0.25) is 0 Å². The molecule has 0 aliphatic carbocycles. The van der Waals surface area contributed by atoms with Gasteiger partial charge in [-0.05, 0) is 70.9 Å². The third kappa shape index (κ3) is 7.02. The van der Waals surface area contributed by atoms with E-state index in [2.05, 4.69) is 31.9 Å². The maximum atomic E-state index is 12.8. The molecule has 0 spiro atoms. The van der Waals surface area contributed by atoms with Crippen molar-refractivity contribution in [2.24, 2.45) is 0 Å². The van der Waals surface area contributed by atoms with Gasteiger partial charge in [-0.15, -0.1) is 0 Å². The van der Waals surface area contributed by atoms with E-state index in [1.165, 1.54) is 13.2 Å². The Hall–Kier alpha value is -4.64. The molecular formula is C28H25BrN4O6. The molecule has 0 unspecified atom stereocenters. The summed E-state index contributed by atoms with van der Waals surface area (Å²) in [7, 11) is 1.47. The highest BCUT2D eigenvalue weighted by atomic mass is 79.9. The minimum absolute atomic E-state index is 0.0168. The molecule has 1 heterocycles. The Morgan fingerprint density at radius 2 is 1.72 bits per heavy atom. The van der Waals surface area contributed by atoms with Crippen LogP contribution in [0.25, 0.3) is 6.08 Å². The van der Waals surface area contributed by atoms with Crippen LogP contribution in [0.1, 0.15) is 11.1 Å². The van der Waals surface area contributed by atoms with Gasteiger partial charge in [0.15, 0.2) is 6.61 Å². The number of rotatable bonds is 9. The first-order chi connectivity index (χ1) is 18.7. The zero-order chi connectivity index (χ0) is 27.9. The molecule has 0 atom stereocenters. The van der Waals surface area contributed by atoms with Crippen LogP contribution < -0.4 is 25.4 Å². The molecule has 0 radical (unpaired) electrons. The van der Waals surface area contributed by atoms with Crippen molar-refractivity contribution in [1.29, 1.82) is 0 Å². The number of para-hydroxylation sites is 2. The second-order valence-electron chi connectivity index (χ2n) is 8.52. The SMILES string of the molecule is COc1ccccc1NC(=O)CN1C(=O)N/C(=C/c2ccc(OCC(=O)Nc3ccc(C)cc3)c(Br)c2)C1=O. The van der Waals surface area contributed by atoms with E-state index in [1.807, 2.05) is 31.2 Å². The first-order valence-electron chi connectivity index (χ1n) is 11.8. The molecule has 3 N–H and O–H groups in total. The van der Waals surface area contributed by atoms with Gasteiger partial charge in [0.05, 0.1) is 17.3 Å². The summed E-state index contributed by atoms with van der Waals surface area (Å²) in [6, 6.07) is 18.5. The summed E-state index contributed by atoms with van der Waals surface area (Å²) in [6.45, 7) is 1.29. The second-order valence-corrected chi connectivity index (χ2v) is 9.37. The van der Waals surface area contributed by atoms with Gasteiger partial charge < -0.3 is 25.4 Å². The van der Waals surface area contributed by atoms with Crippen LogP contribution in [-0.2, 0) is 14.4 Å². The van der Waals surface area contributed by atoms with Gasteiger partial charge in [-0.2, -0.15) is 0 Å². The number of ether oxygens (including phenoxy) is 2. The van der Waals surface area contributed by atoms with Crippen LogP contribution in [0, 0.1) is 6.92 Å². The third-order valence-corrected chi connectivity index (χ3v) is 6.23. The fourth-order valence-electron chi connectivity index (χ4n) is 3.66. The number of urea groups is 1. The number of nitrogens with zero attached hydrogens (tertiary/aromatic N) is 1. The molecule has 0 aromatic heterocycles. The molecule has 0 bridgehead atoms. The summed E-state index contributed by atoms with van der Waals surface area (Å²) in [5.74, 6) is -0.633. The van der Waals surface area contributed by atoms with Gasteiger partial charge in [-0.3, -0.25) is 14.4 Å². The number of carbonyl (C=O) groups excluding carboxylic acids is 4. The third-order valence-electron chi connectivity index (χ3n) is 5.61. The van der Waals surface area contributed by atoms with Gasteiger partial charge in [0.2, 0.25) is 5.91 Å². The van der Waals surface area contributed by atoms with Gasteiger partial charge >= 0.3 is 6.03 Å². The van der Waals surface area contributed by atoms with E-state index in [9.17, 15) is 19.2 Å². The highest BCUT2D eigenvalue weighted by molar-refractivity contribution is 9.10. The number of hydrogen-bond donors (Lipinski definition) is 3. The Balaban J connectivity index is 1.35. The Bertz CT molecular complexity index is 1450. The quantitative estimate of drug-likeness (QED) is 0.251. The van der Waals surface area contributed by atoms with Gasteiger partial charge in [-0.1, -0.05) is 35.9 Å². The first-order valence-corrected chi connectivity index (χ1v) is 12.6. The standard InChI is InChI=1S/C28H25BrN4O6/c1-17-7-10-19(11-8-17)30-26(35)16-39-23-12-9-18(13-20(23)29)14-22-27(36)33(28(37)32-22)15-25(34)31-21-5-3-4-6-24(21)38-2/h3-14H,15-16H2,1-2H3,(H,30,35)(H,31,34)(H,32,37)/b22-14+. The molecule has 11 heteroatoms. The molecule has 3 aromatic carbocycles. The van der Waals surface area contributed by atoms with E-state index in [0.29, 0.717) is 32.9 Å². The van der Waals surface area contributed by atoms with E-state index in [1.54, 1.807) is 42.5 Å². The summed E-state index contributed by atoms with van der Waals surface area (Å²) >= 11 is 3.40. The van der Waals surface area contributed by atoms with Crippen molar-refractivity contribution < 1.29 is 28.7 Å². The lowest BCUT2D eigenvalue weighted by atomic mass is 10.2. The molecule has 1 aliphatic rings. The van der Waals surface area contributed by atoms with E-state index < -0.39 is 24.4 Å². The number of amides is 5. The van der Waals surface area contributed by atoms with Crippen molar-refractivity contribution in [3.05, 3.63) is 88.0 Å². The van der Waals surface area contributed by atoms with Gasteiger partial charge in [-0.25, -0.2) is 9.69 Å². The van der Waals surface area contributed by atoms with Crippen molar-refractivity contribution in [2.75, 3.05) is 30.9 Å². The molecule has 39 heavy (non-hydrogen) atoms. The summed E-state index contributed by atoms with van der Waals surface area (Å²) < 4.78 is 11.4. The number of hydrogen-bond acceptors (Lipinski definition) is 6. The van der Waals surface area contributed by atoms with Crippen molar-refractivity contribution in [3.8, 4) is 11.5 Å². The highest BCUT2D eigenvalue weighted by Crippen LogP contribution is 2.28.